The first-order valence-electron chi connectivity index (χ1n) is 10.4. The number of piperidine rings is 2. The van der Waals surface area contributed by atoms with E-state index < -0.39 is 0 Å². The molecule has 5 nitrogen and oxygen atoms in total. The van der Waals surface area contributed by atoms with Crippen molar-refractivity contribution in [1.29, 1.82) is 0 Å². The summed E-state index contributed by atoms with van der Waals surface area (Å²) in [5, 5.41) is 0. The van der Waals surface area contributed by atoms with Crippen LogP contribution in [0.5, 0.6) is 0 Å². The van der Waals surface area contributed by atoms with Crippen molar-refractivity contribution in [1.82, 2.24) is 14.7 Å². The fourth-order valence-corrected chi connectivity index (χ4v) is 4.44. The minimum Gasteiger partial charge on any atom is -0.383 e. The van der Waals surface area contributed by atoms with E-state index in [1.807, 2.05) is 0 Å². The van der Waals surface area contributed by atoms with Crippen molar-refractivity contribution in [2.75, 3.05) is 46.9 Å². The second-order valence-corrected chi connectivity index (χ2v) is 8.03. The Labute approximate surface area is 164 Å². The van der Waals surface area contributed by atoms with Gasteiger partial charge in [0.25, 0.3) is 0 Å². The Morgan fingerprint density at radius 2 is 1.85 bits per heavy atom. The van der Waals surface area contributed by atoms with Crippen LogP contribution >= 0.6 is 0 Å². The molecule has 0 aromatic heterocycles. The average Bonchev–Trinajstić information content (AvgIpc) is 2.70. The third kappa shape index (κ3) is 5.53. The maximum absolute atomic E-state index is 13.6. The molecule has 1 amide bonds. The zero-order chi connectivity index (χ0) is 19.1. The number of likely N-dealkylation sites (tertiary alicyclic amines) is 2. The summed E-state index contributed by atoms with van der Waals surface area (Å²) in [4.78, 5) is 20.5. The third-order valence-electron chi connectivity index (χ3n) is 6.08. The zero-order valence-corrected chi connectivity index (χ0v) is 17.0. The topological polar surface area (TPSA) is 36.0 Å². The van der Waals surface area contributed by atoms with Gasteiger partial charge in [0.1, 0.15) is 0 Å². The highest BCUT2D eigenvalue weighted by Gasteiger charge is 2.35. The molecule has 3 rings (SSSR count). The number of ether oxygens (including phenoxy) is 1. The molecule has 1 atom stereocenters. The van der Waals surface area contributed by atoms with Gasteiger partial charge in [0.15, 0.2) is 0 Å². The molecule has 2 aliphatic heterocycles. The molecule has 1 aromatic rings. The normalized spacial score (nSPS) is 22.7. The van der Waals surface area contributed by atoms with Crippen LogP contribution in [0, 0.1) is 0 Å². The molecule has 2 fully saturated rings. The number of hydrogen-bond acceptors (Lipinski definition) is 4. The second-order valence-electron chi connectivity index (χ2n) is 8.03. The van der Waals surface area contributed by atoms with Crippen LogP contribution in [-0.4, -0.2) is 79.6 Å². The average molecular weight is 374 g/mol. The van der Waals surface area contributed by atoms with E-state index in [1.165, 1.54) is 12.0 Å². The highest BCUT2D eigenvalue weighted by molar-refractivity contribution is 5.82. The molecular weight excluding hydrogens is 338 g/mol. The highest BCUT2D eigenvalue weighted by Crippen LogP contribution is 2.24. The molecule has 0 aliphatic carbocycles. The Hall–Kier alpha value is -1.43. The number of carbonyl (C=O) groups is 1. The molecule has 0 saturated carbocycles. The predicted molar refractivity (Wildman–Crippen MR) is 109 cm³/mol. The maximum Gasteiger partial charge on any atom is 0.240 e. The van der Waals surface area contributed by atoms with Crippen LogP contribution in [-0.2, 0) is 16.1 Å². The Bertz CT molecular complexity index is 572. The first-order valence-corrected chi connectivity index (χ1v) is 10.4. The molecule has 0 radical (unpaired) electrons. The summed E-state index contributed by atoms with van der Waals surface area (Å²) in [5.74, 6) is 0.317. The standard InChI is InChI=1S/C22H35N3O2/c1-23-14-11-20(12-15-23)25(16-17-27-2)22(26)21-10-6-7-13-24(21)18-19-8-4-3-5-9-19/h3-5,8-9,20-21H,6-7,10-18H2,1-2H3/t21-/m0/s1. The minimum absolute atomic E-state index is 0.00969. The lowest BCUT2D eigenvalue weighted by Gasteiger charge is -2.42. The van der Waals surface area contributed by atoms with E-state index in [9.17, 15) is 4.79 Å². The van der Waals surface area contributed by atoms with Crippen LogP contribution in [0.3, 0.4) is 0 Å². The first kappa shape index (κ1) is 20.3. The lowest BCUT2D eigenvalue weighted by atomic mass is 9.97. The zero-order valence-electron chi connectivity index (χ0n) is 17.0. The van der Waals surface area contributed by atoms with E-state index in [-0.39, 0.29) is 6.04 Å². The summed E-state index contributed by atoms with van der Waals surface area (Å²) in [5.41, 5.74) is 1.29. The van der Waals surface area contributed by atoms with Gasteiger partial charge in [-0.1, -0.05) is 36.8 Å². The van der Waals surface area contributed by atoms with Gasteiger partial charge in [-0.15, -0.1) is 0 Å². The largest absolute Gasteiger partial charge is 0.383 e. The molecule has 1 aromatic carbocycles. The maximum atomic E-state index is 13.6. The summed E-state index contributed by atoms with van der Waals surface area (Å²) < 4.78 is 5.33. The number of methoxy groups -OCH3 is 1. The smallest absolute Gasteiger partial charge is 0.240 e. The Balaban J connectivity index is 1.71. The number of nitrogens with zero attached hydrogens (tertiary/aromatic N) is 3. The van der Waals surface area contributed by atoms with Gasteiger partial charge in [0, 0.05) is 26.2 Å². The molecule has 150 valence electrons. The van der Waals surface area contributed by atoms with Crippen LogP contribution in [0.4, 0.5) is 0 Å². The van der Waals surface area contributed by atoms with Gasteiger partial charge in [0.2, 0.25) is 5.91 Å². The van der Waals surface area contributed by atoms with E-state index in [2.05, 4.69) is 52.1 Å². The van der Waals surface area contributed by atoms with Crippen LogP contribution in [0.15, 0.2) is 30.3 Å². The minimum atomic E-state index is 0.00969. The van der Waals surface area contributed by atoms with Crippen molar-refractivity contribution in [3.63, 3.8) is 0 Å². The third-order valence-corrected chi connectivity index (χ3v) is 6.08. The van der Waals surface area contributed by atoms with Crippen molar-refractivity contribution < 1.29 is 9.53 Å². The van der Waals surface area contributed by atoms with Gasteiger partial charge >= 0.3 is 0 Å². The molecule has 0 N–H and O–H groups in total. The molecule has 0 unspecified atom stereocenters. The Morgan fingerprint density at radius 3 is 2.56 bits per heavy atom. The Morgan fingerprint density at radius 1 is 1.11 bits per heavy atom. The molecule has 0 spiro atoms. The molecular formula is C22H35N3O2. The fourth-order valence-electron chi connectivity index (χ4n) is 4.44. The molecule has 2 saturated heterocycles. The number of benzene rings is 1. The fraction of sp³-hybridized carbons (Fsp3) is 0.682. The molecule has 5 heteroatoms. The van der Waals surface area contributed by atoms with Gasteiger partial charge < -0.3 is 14.5 Å². The van der Waals surface area contributed by atoms with E-state index in [1.54, 1.807) is 7.11 Å². The van der Waals surface area contributed by atoms with Crippen molar-refractivity contribution in [3.8, 4) is 0 Å². The van der Waals surface area contributed by atoms with E-state index in [4.69, 9.17) is 4.74 Å². The number of amides is 1. The molecule has 2 aliphatic rings. The molecule has 27 heavy (non-hydrogen) atoms. The first-order chi connectivity index (χ1) is 13.2. The van der Waals surface area contributed by atoms with Gasteiger partial charge in [-0.05, 0) is 57.9 Å². The summed E-state index contributed by atoms with van der Waals surface area (Å²) in [7, 11) is 3.89. The number of hydrogen-bond donors (Lipinski definition) is 0. The summed E-state index contributed by atoms with van der Waals surface area (Å²) in [6, 6.07) is 10.9. The summed E-state index contributed by atoms with van der Waals surface area (Å²) in [6.45, 7) is 5.34. The molecule has 2 heterocycles. The molecule has 0 bridgehead atoms. The number of carbonyl (C=O) groups excluding carboxylic acids is 1. The van der Waals surface area contributed by atoms with Gasteiger partial charge in [-0.3, -0.25) is 9.69 Å². The lowest BCUT2D eigenvalue weighted by Crippen LogP contribution is -2.55. The van der Waals surface area contributed by atoms with Crippen molar-refractivity contribution in [2.24, 2.45) is 0 Å². The SMILES string of the molecule is COCCN(C(=O)[C@@H]1CCCCN1Cc1ccccc1)C1CCN(C)CC1. The lowest BCUT2D eigenvalue weighted by molar-refractivity contribution is -0.142. The van der Waals surface area contributed by atoms with E-state index >= 15 is 0 Å². The van der Waals surface area contributed by atoms with Gasteiger partial charge in [-0.25, -0.2) is 0 Å². The predicted octanol–water partition coefficient (Wildman–Crippen LogP) is 2.61. The number of rotatable bonds is 7. The second kappa shape index (κ2) is 10.2. The van der Waals surface area contributed by atoms with Crippen molar-refractivity contribution in [2.45, 2.75) is 50.7 Å². The van der Waals surface area contributed by atoms with Crippen molar-refractivity contribution in [3.05, 3.63) is 35.9 Å². The quantitative estimate of drug-likeness (QED) is 0.736. The van der Waals surface area contributed by atoms with Crippen LogP contribution in [0.2, 0.25) is 0 Å². The van der Waals surface area contributed by atoms with E-state index in [0.29, 0.717) is 25.1 Å². The van der Waals surface area contributed by atoms with Gasteiger partial charge in [0.05, 0.1) is 12.6 Å². The summed E-state index contributed by atoms with van der Waals surface area (Å²) in [6.07, 6.45) is 5.44. The van der Waals surface area contributed by atoms with Crippen LogP contribution in [0.25, 0.3) is 0 Å². The van der Waals surface area contributed by atoms with Crippen molar-refractivity contribution >= 4 is 5.91 Å². The van der Waals surface area contributed by atoms with E-state index in [0.717, 1.165) is 51.9 Å². The van der Waals surface area contributed by atoms with Crippen LogP contribution < -0.4 is 0 Å². The van der Waals surface area contributed by atoms with Crippen LogP contribution in [0.1, 0.15) is 37.7 Å². The summed E-state index contributed by atoms with van der Waals surface area (Å²) >= 11 is 0. The van der Waals surface area contributed by atoms with Gasteiger partial charge in [-0.2, -0.15) is 0 Å². The highest BCUT2D eigenvalue weighted by atomic mass is 16.5. The Kier molecular flexibility index (Phi) is 7.68. The monoisotopic (exact) mass is 373 g/mol.